The number of sulfonamides is 1. The monoisotopic (exact) mass is 464 g/mol. The zero-order valence-corrected chi connectivity index (χ0v) is 18.1. The van der Waals surface area contributed by atoms with Crippen LogP contribution in [0, 0.1) is 0 Å². The smallest absolute Gasteiger partial charge is 0.337 e. The second kappa shape index (κ2) is 10.1. The standard InChI is InChI=1S/C21H24N2O8S/c1-30-21(26)15-4-2-14(3-5-15)13-31-17-6-8-18(9-7-17)32(28,29)23-11-10-16(24)12-19(23)20(25)22-27/h2-9,16,19,24,27H,10-13H2,1H3,(H,22,25). The molecule has 0 aromatic heterocycles. The van der Waals surface area contributed by atoms with Crippen molar-refractivity contribution in [1.82, 2.24) is 9.79 Å². The second-order valence-electron chi connectivity index (χ2n) is 7.23. The van der Waals surface area contributed by atoms with Crippen LogP contribution >= 0.6 is 0 Å². The van der Waals surface area contributed by atoms with E-state index in [1.54, 1.807) is 24.3 Å². The molecular weight excluding hydrogens is 440 g/mol. The molecule has 2 unspecified atom stereocenters. The number of benzene rings is 2. The van der Waals surface area contributed by atoms with Crippen molar-refractivity contribution in [2.45, 2.75) is 36.5 Å². The molecule has 2 aromatic rings. The molecule has 3 N–H and O–H groups in total. The molecule has 0 saturated carbocycles. The van der Waals surface area contributed by atoms with E-state index >= 15 is 0 Å². The number of nitrogens with zero attached hydrogens (tertiary/aromatic N) is 1. The normalized spacial score (nSPS) is 19.2. The summed E-state index contributed by atoms with van der Waals surface area (Å²) in [4.78, 5) is 23.4. The van der Waals surface area contributed by atoms with Crippen LogP contribution in [0.5, 0.6) is 5.75 Å². The Kier molecular flexibility index (Phi) is 7.46. The molecular formula is C21H24N2O8S. The van der Waals surface area contributed by atoms with Crippen molar-refractivity contribution >= 4 is 21.9 Å². The van der Waals surface area contributed by atoms with Crippen LogP contribution in [0.4, 0.5) is 0 Å². The van der Waals surface area contributed by atoms with E-state index in [1.165, 1.54) is 36.9 Å². The summed E-state index contributed by atoms with van der Waals surface area (Å²) in [5.74, 6) is -0.901. The highest BCUT2D eigenvalue weighted by molar-refractivity contribution is 7.89. The number of esters is 1. The highest BCUT2D eigenvalue weighted by Crippen LogP contribution is 2.27. The maximum Gasteiger partial charge on any atom is 0.337 e. The van der Waals surface area contributed by atoms with Crippen molar-refractivity contribution in [2.24, 2.45) is 0 Å². The molecule has 1 fully saturated rings. The summed E-state index contributed by atoms with van der Waals surface area (Å²) >= 11 is 0. The summed E-state index contributed by atoms with van der Waals surface area (Å²) in [5.41, 5.74) is 2.69. The fourth-order valence-electron chi connectivity index (χ4n) is 3.39. The fraction of sp³-hybridized carbons (Fsp3) is 0.333. The van der Waals surface area contributed by atoms with E-state index in [1.807, 2.05) is 0 Å². The number of ether oxygens (including phenoxy) is 2. The predicted molar refractivity (Wildman–Crippen MR) is 111 cm³/mol. The first-order valence-electron chi connectivity index (χ1n) is 9.80. The van der Waals surface area contributed by atoms with Crippen LogP contribution in [-0.2, 0) is 26.2 Å². The van der Waals surface area contributed by atoms with Crippen LogP contribution in [0.3, 0.4) is 0 Å². The van der Waals surface area contributed by atoms with Gasteiger partial charge in [-0.2, -0.15) is 4.31 Å². The van der Waals surface area contributed by atoms with Crippen molar-refractivity contribution in [3.63, 3.8) is 0 Å². The molecule has 1 saturated heterocycles. The number of methoxy groups -OCH3 is 1. The first-order chi connectivity index (χ1) is 15.3. The van der Waals surface area contributed by atoms with Gasteiger partial charge in [-0.1, -0.05) is 12.1 Å². The molecule has 2 atom stereocenters. The summed E-state index contributed by atoms with van der Waals surface area (Å²) in [7, 11) is -2.73. The van der Waals surface area contributed by atoms with Gasteiger partial charge in [0.25, 0.3) is 5.91 Å². The quantitative estimate of drug-likeness (QED) is 0.314. The number of hydrogen-bond donors (Lipinski definition) is 3. The predicted octanol–water partition coefficient (Wildman–Crippen LogP) is 1.07. The van der Waals surface area contributed by atoms with Gasteiger partial charge in [0.05, 0.1) is 23.7 Å². The summed E-state index contributed by atoms with van der Waals surface area (Å²) < 4.78 is 37.4. The van der Waals surface area contributed by atoms with Gasteiger partial charge in [-0.25, -0.2) is 18.7 Å². The minimum absolute atomic E-state index is 0.0422. The number of hydrogen-bond acceptors (Lipinski definition) is 8. The van der Waals surface area contributed by atoms with Crippen molar-refractivity contribution in [2.75, 3.05) is 13.7 Å². The molecule has 11 heteroatoms. The number of rotatable bonds is 7. The van der Waals surface area contributed by atoms with Crippen LogP contribution in [0.1, 0.15) is 28.8 Å². The number of amides is 1. The van der Waals surface area contributed by atoms with Crippen LogP contribution in [-0.4, -0.2) is 60.7 Å². The van der Waals surface area contributed by atoms with E-state index in [0.29, 0.717) is 11.3 Å². The lowest BCUT2D eigenvalue weighted by Crippen LogP contribution is -2.54. The summed E-state index contributed by atoms with van der Waals surface area (Å²) in [6.07, 6.45) is -0.757. The maximum absolute atomic E-state index is 13.0. The molecule has 3 rings (SSSR count). The van der Waals surface area contributed by atoms with Gasteiger partial charge in [0.15, 0.2) is 0 Å². The van der Waals surface area contributed by atoms with Crippen LogP contribution in [0.2, 0.25) is 0 Å². The van der Waals surface area contributed by atoms with E-state index < -0.39 is 34.0 Å². The number of hydroxylamine groups is 1. The molecule has 1 heterocycles. The Morgan fingerprint density at radius 3 is 2.38 bits per heavy atom. The van der Waals surface area contributed by atoms with Gasteiger partial charge < -0.3 is 14.6 Å². The maximum atomic E-state index is 13.0. The summed E-state index contributed by atoms with van der Waals surface area (Å²) in [6.45, 7) is 0.151. The second-order valence-corrected chi connectivity index (χ2v) is 9.12. The number of carbonyl (C=O) groups excluding carboxylic acids is 2. The minimum atomic E-state index is -4.04. The first kappa shape index (κ1) is 23.7. The van der Waals surface area contributed by atoms with Gasteiger partial charge in [-0.15, -0.1) is 0 Å². The van der Waals surface area contributed by atoms with Crippen LogP contribution in [0.25, 0.3) is 0 Å². The van der Waals surface area contributed by atoms with E-state index in [9.17, 15) is 23.1 Å². The zero-order chi connectivity index (χ0) is 23.3. The molecule has 1 amide bonds. The van der Waals surface area contributed by atoms with Gasteiger partial charge in [0, 0.05) is 6.54 Å². The lowest BCUT2D eigenvalue weighted by molar-refractivity contribution is -0.135. The third-order valence-electron chi connectivity index (χ3n) is 5.15. The Morgan fingerprint density at radius 1 is 1.12 bits per heavy atom. The van der Waals surface area contributed by atoms with Crippen molar-refractivity contribution < 1.29 is 37.8 Å². The van der Waals surface area contributed by atoms with Gasteiger partial charge in [0.2, 0.25) is 10.0 Å². The lowest BCUT2D eigenvalue weighted by Gasteiger charge is -2.35. The van der Waals surface area contributed by atoms with E-state index in [2.05, 4.69) is 4.74 Å². The van der Waals surface area contributed by atoms with Crippen molar-refractivity contribution in [1.29, 1.82) is 0 Å². The summed E-state index contributed by atoms with van der Waals surface area (Å²) in [6, 6.07) is 11.2. The number of carbonyl (C=O) groups is 2. The third kappa shape index (κ3) is 5.25. The lowest BCUT2D eigenvalue weighted by atomic mass is 10.0. The van der Waals surface area contributed by atoms with Gasteiger partial charge in [-0.05, 0) is 54.8 Å². The first-order valence-corrected chi connectivity index (χ1v) is 11.2. The molecule has 1 aliphatic heterocycles. The van der Waals surface area contributed by atoms with Gasteiger partial charge in [0.1, 0.15) is 18.4 Å². The topological polar surface area (TPSA) is 142 Å². The van der Waals surface area contributed by atoms with Crippen LogP contribution in [0.15, 0.2) is 53.4 Å². The van der Waals surface area contributed by atoms with Gasteiger partial charge >= 0.3 is 5.97 Å². The Hall–Kier alpha value is -2.99. The molecule has 10 nitrogen and oxygen atoms in total. The molecule has 32 heavy (non-hydrogen) atoms. The van der Waals surface area contributed by atoms with E-state index in [-0.39, 0.29) is 30.9 Å². The largest absolute Gasteiger partial charge is 0.489 e. The Balaban J connectivity index is 1.69. The average Bonchev–Trinajstić information content (AvgIpc) is 2.82. The SMILES string of the molecule is COC(=O)c1ccc(COc2ccc(S(=O)(=O)N3CCC(O)CC3C(=O)NO)cc2)cc1. The molecule has 0 spiro atoms. The highest BCUT2D eigenvalue weighted by Gasteiger charge is 2.40. The summed E-state index contributed by atoms with van der Waals surface area (Å²) in [5, 5.41) is 18.7. The molecule has 172 valence electrons. The molecule has 1 aliphatic rings. The molecule has 0 bridgehead atoms. The van der Waals surface area contributed by atoms with Crippen molar-refractivity contribution in [3.05, 3.63) is 59.7 Å². The number of aliphatic hydroxyl groups excluding tert-OH is 1. The highest BCUT2D eigenvalue weighted by atomic mass is 32.2. The third-order valence-corrected chi connectivity index (χ3v) is 7.07. The zero-order valence-electron chi connectivity index (χ0n) is 17.3. The number of aliphatic hydroxyl groups is 1. The molecule has 0 aliphatic carbocycles. The van der Waals surface area contributed by atoms with Crippen LogP contribution < -0.4 is 10.2 Å². The minimum Gasteiger partial charge on any atom is -0.489 e. The number of piperidine rings is 1. The number of nitrogens with one attached hydrogen (secondary N) is 1. The fourth-order valence-corrected chi connectivity index (χ4v) is 5.00. The van der Waals surface area contributed by atoms with Crippen molar-refractivity contribution in [3.8, 4) is 5.75 Å². The molecule has 2 aromatic carbocycles. The Bertz CT molecular complexity index is 1050. The van der Waals surface area contributed by atoms with Gasteiger partial charge in [-0.3, -0.25) is 10.0 Å². The van der Waals surface area contributed by atoms with E-state index in [4.69, 9.17) is 9.94 Å². The molecule has 0 radical (unpaired) electrons. The van der Waals surface area contributed by atoms with E-state index in [0.717, 1.165) is 9.87 Å². The average molecular weight is 464 g/mol. The Labute approximate surface area is 185 Å². The Morgan fingerprint density at radius 2 is 1.78 bits per heavy atom.